The van der Waals surface area contributed by atoms with Gasteiger partial charge in [0.2, 0.25) is 0 Å². The Balaban J connectivity index is 2.08. The van der Waals surface area contributed by atoms with Crippen LogP contribution in [0, 0.1) is 6.92 Å². The van der Waals surface area contributed by atoms with Crippen LogP contribution in [0.25, 0.3) is 0 Å². The second-order valence-corrected chi connectivity index (χ2v) is 3.06. The lowest BCUT2D eigenvalue weighted by Crippen LogP contribution is -2.34. The van der Waals surface area contributed by atoms with Crippen molar-refractivity contribution in [1.29, 1.82) is 0 Å². The van der Waals surface area contributed by atoms with Crippen molar-refractivity contribution in [2.45, 2.75) is 13.0 Å². The normalized spacial score (nSPS) is 24.2. The highest BCUT2D eigenvalue weighted by molar-refractivity contribution is 5.11. The summed E-state index contributed by atoms with van der Waals surface area (Å²) in [6.45, 7) is 4.45. The van der Waals surface area contributed by atoms with Gasteiger partial charge in [-0.05, 0) is 13.0 Å². The number of H-pyrrole nitrogens is 1. The van der Waals surface area contributed by atoms with Crippen LogP contribution in [0.4, 0.5) is 0 Å². The van der Waals surface area contributed by atoms with Gasteiger partial charge in [0.05, 0.1) is 24.9 Å². The molecule has 1 fully saturated rings. The fourth-order valence-electron chi connectivity index (χ4n) is 1.37. The van der Waals surface area contributed by atoms with Crippen molar-refractivity contribution in [3.05, 3.63) is 17.5 Å². The molecule has 2 rings (SSSR count). The van der Waals surface area contributed by atoms with Crippen LogP contribution in [0.1, 0.15) is 17.4 Å². The number of morpholine rings is 1. The lowest BCUT2D eigenvalue weighted by atomic mass is 10.2. The summed E-state index contributed by atoms with van der Waals surface area (Å²) in [6, 6.07) is 2.32. The van der Waals surface area contributed by atoms with Crippen LogP contribution in [0.2, 0.25) is 0 Å². The number of aryl methyl sites for hydroxylation is 1. The summed E-state index contributed by atoms with van der Waals surface area (Å²) >= 11 is 0. The standard InChI is InChI=1S/C8H13N3O/c1-6-4-7(11-10-6)8-5-12-3-2-9-8/h4,8-9H,2-3,5H2,1H3,(H,10,11). The van der Waals surface area contributed by atoms with E-state index >= 15 is 0 Å². The van der Waals surface area contributed by atoms with Crippen molar-refractivity contribution in [2.24, 2.45) is 0 Å². The summed E-state index contributed by atoms with van der Waals surface area (Å²) in [4.78, 5) is 0. The number of nitrogens with one attached hydrogen (secondary N) is 2. The number of hydrogen-bond acceptors (Lipinski definition) is 3. The minimum absolute atomic E-state index is 0.267. The Labute approximate surface area is 71.3 Å². The molecular weight excluding hydrogens is 154 g/mol. The highest BCUT2D eigenvalue weighted by Crippen LogP contribution is 2.13. The van der Waals surface area contributed by atoms with E-state index in [1.807, 2.05) is 13.0 Å². The smallest absolute Gasteiger partial charge is 0.0817 e. The first-order chi connectivity index (χ1) is 5.86. The molecule has 0 spiro atoms. The molecule has 0 saturated carbocycles. The van der Waals surface area contributed by atoms with Gasteiger partial charge in [-0.2, -0.15) is 5.10 Å². The molecule has 12 heavy (non-hydrogen) atoms. The number of aromatic nitrogens is 2. The van der Waals surface area contributed by atoms with Gasteiger partial charge < -0.3 is 10.1 Å². The van der Waals surface area contributed by atoms with Gasteiger partial charge in [0.25, 0.3) is 0 Å². The van der Waals surface area contributed by atoms with Crippen LogP contribution < -0.4 is 5.32 Å². The number of aromatic amines is 1. The molecule has 0 radical (unpaired) electrons. The van der Waals surface area contributed by atoms with Gasteiger partial charge in [0.1, 0.15) is 0 Å². The van der Waals surface area contributed by atoms with Crippen molar-refractivity contribution in [3.8, 4) is 0 Å². The Hall–Kier alpha value is -0.870. The van der Waals surface area contributed by atoms with Gasteiger partial charge in [-0.15, -0.1) is 0 Å². The van der Waals surface area contributed by atoms with Crippen LogP contribution in [-0.4, -0.2) is 30.0 Å². The predicted molar refractivity (Wildman–Crippen MR) is 44.9 cm³/mol. The van der Waals surface area contributed by atoms with Crippen LogP contribution in [0.5, 0.6) is 0 Å². The van der Waals surface area contributed by atoms with E-state index in [2.05, 4.69) is 15.5 Å². The summed E-state index contributed by atoms with van der Waals surface area (Å²) in [5, 5.41) is 10.4. The predicted octanol–water partition coefficient (Wildman–Crippen LogP) is 0.379. The maximum Gasteiger partial charge on any atom is 0.0817 e. The Bertz CT molecular complexity index is 253. The highest BCUT2D eigenvalue weighted by atomic mass is 16.5. The molecule has 1 atom stereocenters. The molecule has 0 amide bonds. The molecule has 4 nitrogen and oxygen atoms in total. The molecule has 1 saturated heterocycles. The number of ether oxygens (including phenoxy) is 1. The minimum Gasteiger partial charge on any atom is -0.378 e. The van der Waals surface area contributed by atoms with E-state index in [1.165, 1.54) is 0 Å². The van der Waals surface area contributed by atoms with Gasteiger partial charge in [-0.25, -0.2) is 0 Å². The Kier molecular flexibility index (Phi) is 2.10. The molecule has 1 aliphatic heterocycles. The lowest BCUT2D eigenvalue weighted by Gasteiger charge is -2.21. The van der Waals surface area contributed by atoms with E-state index in [4.69, 9.17) is 4.74 Å². The van der Waals surface area contributed by atoms with Gasteiger partial charge >= 0.3 is 0 Å². The van der Waals surface area contributed by atoms with Crippen LogP contribution in [0.3, 0.4) is 0 Å². The van der Waals surface area contributed by atoms with Crippen molar-refractivity contribution < 1.29 is 4.74 Å². The Morgan fingerprint density at radius 1 is 1.67 bits per heavy atom. The highest BCUT2D eigenvalue weighted by Gasteiger charge is 2.16. The molecule has 2 N–H and O–H groups in total. The molecule has 1 aromatic rings. The van der Waals surface area contributed by atoms with Gasteiger partial charge in [0.15, 0.2) is 0 Å². The molecule has 1 aliphatic rings. The molecule has 0 aliphatic carbocycles. The number of rotatable bonds is 1. The van der Waals surface area contributed by atoms with E-state index < -0.39 is 0 Å². The summed E-state index contributed by atoms with van der Waals surface area (Å²) in [6.07, 6.45) is 0. The van der Waals surface area contributed by atoms with Crippen LogP contribution in [0.15, 0.2) is 6.07 Å². The zero-order valence-corrected chi connectivity index (χ0v) is 7.13. The van der Waals surface area contributed by atoms with Gasteiger partial charge in [0, 0.05) is 12.2 Å². The molecule has 0 aromatic carbocycles. The van der Waals surface area contributed by atoms with Crippen LogP contribution >= 0.6 is 0 Å². The maximum absolute atomic E-state index is 5.33. The average Bonchev–Trinajstić information content (AvgIpc) is 2.54. The summed E-state index contributed by atoms with van der Waals surface area (Å²) < 4.78 is 5.33. The average molecular weight is 167 g/mol. The summed E-state index contributed by atoms with van der Waals surface area (Å²) in [5.41, 5.74) is 2.14. The second kappa shape index (κ2) is 3.25. The number of nitrogens with zero attached hydrogens (tertiary/aromatic N) is 1. The second-order valence-electron chi connectivity index (χ2n) is 3.06. The molecule has 4 heteroatoms. The molecule has 0 bridgehead atoms. The van der Waals surface area contributed by atoms with Crippen molar-refractivity contribution in [1.82, 2.24) is 15.5 Å². The topological polar surface area (TPSA) is 49.9 Å². The third-order valence-electron chi connectivity index (χ3n) is 2.00. The maximum atomic E-state index is 5.33. The van der Waals surface area contributed by atoms with Crippen molar-refractivity contribution >= 4 is 0 Å². The quantitative estimate of drug-likeness (QED) is 0.635. The first-order valence-corrected chi connectivity index (χ1v) is 4.19. The van der Waals surface area contributed by atoms with E-state index in [-0.39, 0.29) is 6.04 Å². The first kappa shape index (κ1) is 7.76. The van der Waals surface area contributed by atoms with E-state index in [0.29, 0.717) is 0 Å². The summed E-state index contributed by atoms with van der Waals surface area (Å²) in [5.74, 6) is 0. The Morgan fingerprint density at radius 3 is 3.17 bits per heavy atom. The third-order valence-corrected chi connectivity index (χ3v) is 2.00. The largest absolute Gasteiger partial charge is 0.378 e. The zero-order valence-electron chi connectivity index (χ0n) is 7.13. The Morgan fingerprint density at radius 2 is 2.58 bits per heavy atom. The minimum atomic E-state index is 0.267. The monoisotopic (exact) mass is 167 g/mol. The van der Waals surface area contributed by atoms with E-state index in [9.17, 15) is 0 Å². The molecule has 2 heterocycles. The van der Waals surface area contributed by atoms with Crippen molar-refractivity contribution in [2.75, 3.05) is 19.8 Å². The molecule has 66 valence electrons. The molecule has 1 aromatic heterocycles. The zero-order chi connectivity index (χ0) is 8.39. The molecule has 1 unspecified atom stereocenters. The van der Waals surface area contributed by atoms with Gasteiger partial charge in [-0.1, -0.05) is 0 Å². The van der Waals surface area contributed by atoms with Crippen molar-refractivity contribution in [3.63, 3.8) is 0 Å². The first-order valence-electron chi connectivity index (χ1n) is 4.19. The fraction of sp³-hybridized carbons (Fsp3) is 0.625. The fourth-order valence-corrected chi connectivity index (χ4v) is 1.37. The van der Waals surface area contributed by atoms with Crippen LogP contribution in [-0.2, 0) is 4.74 Å². The lowest BCUT2D eigenvalue weighted by molar-refractivity contribution is 0.0756. The van der Waals surface area contributed by atoms with E-state index in [1.54, 1.807) is 0 Å². The van der Waals surface area contributed by atoms with E-state index in [0.717, 1.165) is 31.1 Å². The third kappa shape index (κ3) is 1.49. The SMILES string of the molecule is Cc1cc(C2COCCN2)n[nH]1. The summed E-state index contributed by atoms with van der Waals surface area (Å²) in [7, 11) is 0. The molecular formula is C8H13N3O. The van der Waals surface area contributed by atoms with Gasteiger partial charge in [-0.3, -0.25) is 5.10 Å². The number of hydrogen-bond donors (Lipinski definition) is 2.